The maximum atomic E-state index is 12.4. The Bertz CT molecular complexity index is 867. The van der Waals surface area contributed by atoms with E-state index >= 15 is 0 Å². The van der Waals surface area contributed by atoms with Gasteiger partial charge >= 0.3 is 0 Å². The highest BCUT2D eigenvalue weighted by atomic mass is 16.6. The van der Waals surface area contributed by atoms with Crippen LogP contribution in [0.3, 0.4) is 0 Å². The van der Waals surface area contributed by atoms with E-state index in [0.717, 1.165) is 12.1 Å². The zero-order chi connectivity index (χ0) is 17.6. The highest BCUT2D eigenvalue weighted by molar-refractivity contribution is 6.34. The highest BCUT2D eigenvalue weighted by Crippen LogP contribution is 2.36. The van der Waals surface area contributed by atoms with E-state index in [9.17, 15) is 29.8 Å². The molecular weight excluding hydrogens is 318 g/mol. The molecule has 24 heavy (non-hydrogen) atoms. The fourth-order valence-electron chi connectivity index (χ4n) is 2.60. The molecule has 1 aliphatic rings. The van der Waals surface area contributed by atoms with Gasteiger partial charge in [-0.3, -0.25) is 29.8 Å². The third-order valence-corrected chi connectivity index (χ3v) is 3.78. The first-order chi connectivity index (χ1) is 11.3. The number of amides is 2. The van der Waals surface area contributed by atoms with Crippen LogP contribution in [0.5, 0.6) is 0 Å². The lowest BCUT2D eigenvalue weighted by Crippen LogP contribution is -2.29. The van der Waals surface area contributed by atoms with E-state index in [1.807, 2.05) is 0 Å². The molecule has 3 rings (SSSR count). The zero-order valence-electron chi connectivity index (χ0n) is 12.3. The minimum absolute atomic E-state index is 0.147. The third kappa shape index (κ3) is 2.10. The van der Waals surface area contributed by atoms with Crippen molar-refractivity contribution in [2.45, 2.75) is 6.92 Å². The lowest BCUT2D eigenvalue weighted by Gasteiger charge is -2.14. The van der Waals surface area contributed by atoms with Crippen molar-refractivity contribution in [3.8, 4) is 0 Å². The van der Waals surface area contributed by atoms with Crippen molar-refractivity contribution in [2.24, 2.45) is 0 Å². The molecule has 9 nitrogen and oxygen atoms in total. The Morgan fingerprint density at radius 3 is 1.67 bits per heavy atom. The summed E-state index contributed by atoms with van der Waals surface area (Å²) in [5.41, 5.74) is -1.12. The van der Waals surface area contributed by atoms with Crippen LogP contribution in [-0.4, -0.2) is 21.7 Å². The minimum atomic E-state index is -0.788. The van der Waals surface area contributed by atoms with E-state index in [0.29, 0.717) is 4.90 Å². The molecule has 0 saturated heterocycles. The molecule has 0 bridgehead atoms. The summed E-state index contributed by atoms with van der Waals surface area (Å²) >= 11 is 0. The van der Waals surface area contributed by atoms with Gasteiger partial charge in [0.15, 0.2) is 0 Å². The van der Waals surface area contributed by atoms with Crippen molar-refractivity contribution in [1.82, 2.24) is 0 Å². The molecule has 0 saturated carbocycles. The maximum Gasteiger partial charge on any atom is 0.281 e. The number of carbonyl (C=O) groups is 2. The summed E-state index contributed by atoms with van der Waals surface area (Å²) in [6.07, 6.45) is 0. The molecule has 0 aliphatic carbocycles. The first-order valence-electron chi connectivity index (χ1n) is 6.74. The van der Waals surface area contributed by atoms with E-state index in [1.165, 1.54) is 19.1 Å². The van der Waals surface area contributed by atoms with Crippen molar-refractivity contribution in [2.75, 3.05) is 4.90 Å². The summed E-state index contributed by atoms with van der Waals surface area (Å²) in [5.74, 6) is -1.36. The van der Waals surface area contributed by atoms with Gasteiger partial charge in [0, 0.05) is 12.1 Å². The van der Waals surface area contributed by atoms with Crippen LogP contribution < -0.4 is 4.90 Å². The fraction of sp³-hybridized carbons (Fsp3) is 0.0667. The van der Waals surface area contributed by atoms with Crippen LogP contribution in [0.25, 0.3) is 0 Å². The monoisotopic (exact) mass is 327 g/mol. The van der Waals surface area contributed by atoms with Gasteiger partial charge in [0.05, 0.1) is 26.7 Å². The average Bonchev–Trinajstić information content (AvgIpc) is 2.79. The van der Waals surface area contributed by atoms with Crippen molar-refractivity contribution in [3.05, 3.63) is 73.3 Å². The molecule has 120 valence electrons. The van der Waals surface area contributed by atoms with E-state index in [4.69, 9.17) is 0 Å². The average molecular weight is 327 g/mol. The van der Waals surface area contributed by atoms with E-state index in [1.54, 1.807) is 12.1 Å². The number of benzene rings is 2. The summed E-state index contributed by atoms with van der Waals surface area (Å²) in [4.78, 5) is 46.3. The standard InChI is InChI=1S/C15H9N3O6/c1-8-12(17(21)22)6-9(7-13(8)18(23)24)16-14(19)10-4-2-3-5-11(10)15(16)20/h2-7H,1H3. The van der Waals surface area contributed by atoms with Crippen LogP contribution in [-0.2, 0) is 0 Å². The molecule has 0 unspecified atom stereocenters. The molecule has 2 aromatic carbocycles. The summed E-state index contributed by atoms with van der Waals surface area (Å²) < 4.78 is 0. The predicted octanol–water partition coefficient (Wildman–Crippen LogP) is 2.61. The van der Waals surface area contributed by atoms with Gasteiger partial charge in [0.2, 0.25) is 0 Å². The van der Waals surface area contributed by atoms with Gasteiger partial charge in [0.25, 0.3) is 23.2 Å². The molecule has 0 atom stereocenters. The second-order valence-corrected chi connectivity index (χ2v) is 5.11. The van der Waals surface area contributed by atoms with Crippen LogP contribution in [0.2, 0.25) is 0 Å². The number of anilines is 1. The van der Waals surface area contributed by atoms with Gasteiger partial charge < -0.3 is 0 Å². The molecule has 2 amide bonds. The third-order valence-electron chi connectivity index (χ3n) is 3.78. The fourth-order valence-corrected chi connectivity index (χ4v) is 2.60. The maximum absolute atomic E-state index is 12.4. The Morgan fingerprint density at radius 2 is 1.29 bits per heavy atom. The Balaban J connectivity index is 2.21. The van der Waals surface area contributed by atoms with Crippen LogP contribution in [0.1, 0.15) is 26.3 Å². The van der Waals surface area contributed by atoms with Gasteiger partial charge in [-0.25, -0.2) is 4.90 Å². The first-order valence-corrected chi connectivity index (χ1v) is 6.74. The first kappa shape index (κ1) is 15.3. The predicted molar refractivity (Wildman–Crippen MR) is 82.1 cm³/mol. The summed E-state index contributed by atoms with van der Waals surface area (Å²) in [6.45, 7) is 1.24. The SMILES string of the molecule is Cc1c([N+](=O)[O-])cc(N2C(=O)c3ccccc3C2=O)cc1[N+](=O)[O-]. The Morgan fingerprint density at radius 1 is 0.875 bits per heavy atom. The molecule has 0 radical (unpaired) electrons. The topological polar surface area (TPSA) is 124 Å². The number of nitro benzene ring substituents is 2. The second-order valence-electron chi connectivity index (χ2n) is 5.11. The molecule has 0 spiro atoms. The molecule has 0 N–H and O–H groups in total. The van der Waals surface area contributed by atoms with Gasteiger partial charge in [0.1, 0.15) is 5.56 Å². The van der Waals surface area contributed by atoms with Gasteiger partial charge in [-0.1, -0.05) is 12.1 Å². The van der Waals surface area contributed by atoms with Crippen LogP contribution in [0, 0.1) is 27.2 Å². The Kier molecular flexibility index (Phi) is 3.33. The molecule has 2 aromatic rings. The van der Waals surface area contributed by atoms with Gasteiger partial charge in [-0.15, -0.1) is 0 Å². The van der Waals surface area contributed by atoms with Crippen molar-refractivity contribution in [3.63, 3.8) is 0 Å². The van der Waals surface area contributed by atoms with Crippen molar-refractivity contribution in [1.29, 1.82) is 0 Å². The summed E-state index contributed by atoms with van der Waals surface area (Å²) in [5, 5.41) is 22.3. The minimum Gasteiger partial charge on any atom is -0.268 e. The number of hydrogen-bond donors (Lipinski definition) is 0. The lowest BCUT2D eigenvalue weighted by molar-refractivity contribution is -0.395. The molecular formula is C15H9N3O6. The normalized spacial score (nSPS) is 13.1. The lowest BCUT2D eigenvalue weighted by atomic mass is 10.1. The Hall–Kier alpha value is -3.62. The quantitative estimate of drug-likeness (QED) is 0.485. The van der Waals surface area contributed by atoms with Gasteiger partial charge in [-0.05, 0) is 19.1 Å². The van der Waals surface area contributed by atoms with Crippen LogP contribution in [0.4, 0.5) is 17.1 Å². The van der Waals surface area contributed by atoms with Crippen LogP contribution in [0.15, 0.2) is 36.4 Å². The highest BCUT2D eigenvalue weighted by Gasteiger charge is 2.38. The van der Waals surface area contributed by atoms with Crippen LogP contribution >= 0.6 is 0 Å². The molecule has 0 fully saturated rings. The summed E-state index contributed by atoms with van der Waals surface area (Å²) in [7, 11) is 0. The number of hydrogen-bond acceptors (Lipinski definition) is 6. The molecule has 0 aromatic heterocycles. The molecule has 1 aliphatic heterocycles. The Labute approximate surface area is 134 Å². The molecule has 1 heterocycles. The largest absolute Gasteiger partial charge is 0.281 e. The number of carbonyl (C=O) groups excluding carboxylic acids is 2. The smallest absolute Gasteiger partial charge is 0.268 e. The van der Waals surface area contributed by atoms with E-state index in [-0.39, 0.29) is 22.4 Å². The van der Waals surface area contributed by atoms with Crippen molar-refractivity contribution >= 4 is 28.9 Å². The number of nitro groups is 2. The van der Waals surface area contributed by atoms with Crippen molar-refractivity contribution < 1.29 is 19.4 Å². The summed E-state index contributed by atoms with van der Waals surface area (Å²) in [6, 6.07) is 8.04. The van der Waals surface area contributed by atoms with E-state index in [2.05, 4.69) is 0 Å². The number of nitrogens with zero attached hydrogens (tertiary/aromatic N) is 3. The number of fused-ring (bicyclic) bond motifs is 1. The molecule has 9 heteroatoms. The number of rotatable bonds is 3. The number of imide groups is 1. The second kappa shape index (κ2) is 5.23. The van der Waals surface area contributed by atoms with Gasteiger partial charge in [-0.2, -0.15) is 0 Å². The van der Waals surface area contributed by atoms with E-state index < -0.39 is 33.0 Å². The zero-order valence-corrected chi connectivity index (χ0v) is 12.3.